The van der Waals surface area contributed by atoms with Crippen LogP contribution in [0.5, 0.6) is 5.75 Å². The van der Waals surface area contributed by atoms with Crippen LogP contribution in [0.25, 0.3) is 6.08 Å². The second-order valence-corrected chi connectivity index (χ2v) is 7.58. The van der Waals surface area contributed by atoms with Gasteiger partial charge in [0.2, 0.25) is 0 Å². The van der Waals surface area contributed by atoms with Crippen LogP contribution in [0.3, 0.4) is 0 Å². The number of amides is 2. The van der Waals surface area contributed by atoms with E-state index in [-0.39, 0.29) is 16.8 Å². The van der Waals surface area contributed by atoms with Gasteiger partial charge >= 0.3 is 0 Å². The largest absolute Gasteiger partial charge is 0.489 e. The first-order valence-corrected chi connectivity index (χ1v) is 8.88. The van der Waals surface area contributed by atoms with Crippen molar-refractivity contribution in [1.29, 1.82) is 0 Å². The van der Waals surface area contributed by atoms with Crippen LogP contribution in [0.15, 0.2) is 17.7 Å². The Morgan fingerprint density at radius 1 is 1.18 bits per heavy atom. The molecule has 0 unspecified atom stereocenters. The van der Waals surface area contributed by atoms with Gasteiger partial charge in [0.05, 0.1) is 9.67 Å². The molecule has 5 nitrogen and oxygen atoms in total. The number of carbonyl (C=O) groups excluding carboxylic acids is 2. The van der Waals surface area contributed by atoms with Gasteiger partial charge < -0.3 is 4.74 Å². The van der Waals surface area contributed by atoms with Gasteiger partial charge in [0, 0.05) is 9.13 Å². The van der Waals surface area contributed by atoms with Crippen LogP contribution < -0.4 is 15.4 Å². The molecule has 1 heterocycles. The van der Waals surface area contributed by atoms with E-state index in [1.165, 1.54) is 6.08 Å². The van der Waals surface area contributed by atoms with Gasteiger partial charge in [-0.1, -0.05) is 0 Å². The highest BCUT2D eigenvalue weighted by Crippen LogP contribution is 2.31. The molecule has 0 saturated carbocycles. The van der Waals surface area contributed by atoms with Gasteiger partial charge in [-0.05, 0) is 89.5 Å². The Hall–Kier alpha value is -0.750. The lowest BCUT2D eigenvalue weighted by atomic mass is 10.1. The fourth-order valence-corrected chi connectivity index (χ4v) is 4.01. The molecule has 1 fully saturated rings. The van der Waals surface area contributed by atoms with Crippen molar-refractivity contribution in [2.24, 2.45) is 0 Å². The lowest BCUT2D eigenvalue weighted by Gasteiger charge is -2.18. The van der Waals surface area contributed by atoms with Crippen LogP contribution in [0.1, 0.15) is 19.4 Å². The molecule has 0 radical (unpaired) electrons. The molecule has 1 aromatic rings. The van der Waals surface area contributed by atoms with E-state index in [0.29, 0.717) is 11.3 Å². The average molecular weight is 542 g/mol. The van der Waals surface area contributed by atoms with Gasteiger partial charge in [-0.3, -0.25) is 20.2 Å². The molecule has 2 amide bonds. The number of halogens is 2. The zero-order chi connectivity index (χ0) is 16.4. The molecule has 1 aliphatic heterocycles. The molecule has 0 aromatic heterocycles. The third-order valence-electron chi connectivity index (χ3n) is 2.63. The van der Waals surface area contributed by atoms with E-state index in [1.54, 1.807) is 0 Å². The van der Waals surface area contributed by atoms with E-state index in [4.69, 9.17) is 17.0 Å². The average Bonchev–Trinajstić information content (AvgIpc) is 2.37. The number of nitrogens with one attached hydrogen (secondary N) is 2. The Labute approximate surface area is 160 Å². The molecule has 116 valence electrons. The van der Waals surface area contributed by atoms with Crippen molar-refractivity contribution in [3.63, 3.8) is 0 Å². The highest BCUT2D eigenvalue weighted by Gasteiger charge is 2.26. The number of carbonyl (C=O) groups is 2. The van der Waals surface area contributed by atoms with Gasteiger partial charge in [0.15, 0.2) is 5.11 Å². The molecule has 0 bridgehead atoms. The van der Waals surface area contributed by atoms with Crippen molar-refractivity contribution in [3.05, 3.63) is 30.4 Å². The van der Waals surface area contributed by atoms with Crippen LogP contribution in [0.2, 0.25) is 0 Å². The maximum atomic E-state index is 12.0. The van der Waals surface area contributed by atoms with Crippen molar-refractivity contribution in [2.75, 3.05) is 0 Å². The fraction of sp³-hybridized carbons (Fsp3) is 0.214. The first-order chi connectivity index (χ1) is 10.3. The molecule has 8 heteroatoms. The predicted octanol–water partition coefficient (Wildman–Crippen LogP) is 2.60. The number of hydrogen-bond acceptors (Lipinski definition) is 4. The van der Waals surface area contributed by atoms with Crippen LogP contribution in [-0.2, 0) is 9.59 Å². The van der Waals surface area contributed by atoms with E-state index in [1.807, 2.05) is 26.0 Å². The van der Waals surface area contributed by atoms with Crippen molar-refractivity contribution in [1.82, 2.24) is 10.6 Å². The van der Waals surface area contributed by atoms with Crippen molar-refractivity contribution in [3.8, 4) is 5.75 Å². The molecule has 0 atom stereocenters. The van der Waals surface area contributed by atoms with Crippen molar-refractivity contribution >= 4 is 80.4 Å². The Balaban J connectivity index is 2.51. The zero-order valence-electron chi connectivity index (χ0n) is 11.7. The van der Waals surface area contributed by atoms with E-state index in [2.05, 4.69) is 55.8 Å². The summed E-state index contributed by atoms with van der Waals surface area (Å²) in [5, 5.41) is 4.85. The second-order valence-electron chi connectivity index (χ2n) is 4.77. The standard InChI is InChI=1S/C14H12I2N2O3S/c1-6(2)21-11-7(3-8(15)5-10(11)16)4-9-12(19)17-14(22)18-13(9)20/h3-6H,1-2H3,(H2,17,18,19,20,22). The number of hydrogen-bond donors (Lipinski definition) is 2. The van der Waals surface area contributed by atoms with Crippen LogP contribution in [-0.4, -0.2) is 23.0 Å². The predicted molar refractivity (Wildman–Crippen MR) is 105 cm³/mol. The summed E-state index contributed by atoms with van der Waals surface area (Å²) in [6.07, 6.45) is 1.50. The van der Waals surface area contributed by atoms with Gasteiger partial charge in [-0.25, -0.2) is 0 Å². The van der Waals surface area contributed by atoms with E-state index in [9.17, 15) is 9.59 Å². The third kappa shape index (κ3) is 4.16. The summed E-state index contributed by atoms with van der Waals surface area (Å²) in [4.78, 5) is 23.9. The molecule has 2 rings (SSSR count). The first kappa shape index (κ1) is 17.6. The quantitative estimate of drug-likeness (QED) is 0.267. The Kier molecular flexibility index (Phi) is 5.77. The Bertz CT molecular complexity index is 680. The minimum absolute atomic E-state index is 0.00000567. The molecule has 0 aliphatic carbocycles. The molecule has 1 aliphatic rings. The summed E-state index contributed by atoms with van der Waals surface area (Å²) >= 11 is 9.13. The number of thiocarbonyl (C=S) groups is 1. The summed E-state index contributed by atoms with van der Waals surface area (Å²) < 4.78 is 7.72. The number of benzene rings is 1. The Morgan fingerprint density at radius 2 is 1.77 bits per heavy atom. The summed E-state index contributed by atoms with van der Waals surface area (Å²) in [6.45, 7) is 3.84. The summed E-state index contributed by atoms with van der Waals surface area (Å²) in [7, 11) is 0. The summed E-state index contributed by atoms with van der Waals surface area (Å²) in [5.41, 5.74) is 0.679. The van der Waals surface area contributed by atoms with Gasteiger partial charge in [0.1, 0.15) is 11.3 Å². The minimum atomic E-state index is -0.516. The number of ether oxygens (including phenoxy) is 1. The van der Waals surface area contributed by atoms with Crippen LogP contribution in [0.4, 0.5) is 0 Å². The van der Waals surface area contributed by atoms with Gasteiger partial charge in [0.25, 0.3) is 11.8 Å². The van der Waals surface area contributed by atoms with E-state index in [0.717, 1.165) is 7.14 Å². The Morgan fingerprint density at radius 3 is 2.32 bits per heavy atom. The van der Waals surface area contributed by atoms with E-state index >= 15 is 0 Å². The summed E-state index contributed by atoms with van der Waals surface area (Å²) in [6, 6.07) is 3.83. The van der Waals surface area contributed by atoms with Crippen LogP contribution in [0, 0.1) is 7.14 Å². The smallest absolute Gasteiger partial charge is 0.263 e. The summed E-state index contributed by atoms with van der Waals surface area (Å²) in [5.74, 6) is -0.381. The van der Waals surface area contributed by atoms with Gasteiger partial charge in [-0.15, -0.1) is 0 Å². The number of rotatable bonds is 3. The SMILES string of the molecule is CC(C)Oc1c(I)cc(I)cc1C=C1C(=O)NC(=S)NC1=O. The molecule has 1 aromatic carbocycles. The molecule has 2 N–H and O–H groups in total. The minimum Gasteiger partial charge on any atom is -0.489 e. The molecular formula is C14H12I2N2O3S. The highest BCUT2D eigenvalue weighted by atomic mass is 127. The molecule has 1 saturated heterocycles. The maximum Gasteiger partial charge on any atom is 0.263 e. The highest BCUT2D eigenvalue weighted by molar-refractivity contribution is 14.1. The zero-order valence-corrected chi connectivity index (χ0v) is 16.8. The maximum absolute atomic E-state index is 12.0. The third-order valence-corrected chi connectivity index (χ3v) is 4.26. The second kappa shape index (κ2) is 7.21. The van der Waals surface area contributed by atoms with E-state index < -0.39 is 11.8 Å². The normalized spacial score (nSPS) is 14.8. The first-order valence-electron chi connectivity index (χ1n) is 6.32. The molecule has 22 heavy (non-hydrogen) atoms. The molecule has 0 spiro atoms. The van der Waals surface area contributed by atoms with Crippen molar-refractivity contribution in [2.45, 2.75) is 20.0 Å². The fourth-order valence-electron chi connectivity index (χ4n) is 1.81. The lowest BCUT2D eigenvalue weighted by molar-refractivity contribution is -0.123. The molecular weight excluding hydrogens is 530 g/mol. The lowest BCUT2D eigenvalue weighted by Crippen LogP contribution is -2.51. The van der Waals surface area contributed by atoms with Crippen LogP contribution >= 0.6 is 57.4 Å². The van der Waals surface area contributed by atoms with Crippen molar-refractivity contribution < 1.29 is 14.3 Å². The topological polar surface area (TPSA) is 67.4 Å². The van der Waals surface area contributed by atoms with Gasteiger partial charge in [-0.2, -0.15) is 0 Å². The monoisotopic (exact) mass is 542 g/mol.